The first-order valence-corrected chi connectivity index (χ1v) is 6.39. The molecule has 21 heavy (non-hydrogen) atoms. The van der Waals surface area contributed by atoms with Crippen molar-refractivity contribution in [3.8, 4) is 0 Å². The number of carbonyl (C=O) groups excluding carboxylic acids is 2. The lowest BCUT2D eigenvalue weighted by molar-refractivity contribution is -0.139. The molecule has 0 aliphatic rings. The summed E-state index contributed by atoms with van der Waals surface area (Å²) in [5.41, 5.74) is 0.451. The molecule has 1 aromatic rings. The summed E-state index contributed by atoms with van der Waals surface area (Å²) in [6, 6.07) is 5.69. The standard InChI is InChI=1S/C14H19N3O4/c1-9(12(18)17(2)3)15-14(21)16-11(13(19)20)10-7-5-4-6-8-10/h4-9,11H,1-3H3,(H,19,20)(H2,15,16,21). The van der Waals surface area contributed by atoms with Crippen molar-refractivity contribution in [2.45, 2.75) is 19.0 Å². The Balaban J connectivity index is 2.71. The fourth-order valence-electron chi connectivity index (χ4n) is 1.75. The highest BCUT2D eigenvalue weighted by atomic mass is 16.4. The summed E-state index contributed by atoms with van der Waals surface area (Å²) in [5, 5.41) is 13.9. The molecule has 7 nitrogen and oxygen atoms in total. The number of carboxylic acids is 1. The van der Waals surface area contributed by atoms with Gasteiger partial charge in [0, 0.05) is 14.1 Å². The van der Waals surface area contributed by atoms with Crippen molar-refractivity contribution in [2.75, 3.05) is 14.1 Å². The number of urea groups is 1. The quantitative estimate of drug-likeness (QED) is 0.740. The van der Waals surface area contributed by atoms with Crippen molar-refractivity contribution in [1.29, 1.82) is 0 Å². The molecule has 0 bridgehead atoms. The van der Waals surface area contributed by atoms with E-state index in [9.17, 15) is 19.5 Å². The van der Waals surface area contributed by atoms with Crippen molar-refractivity contribution in [2.24, 2.45) is 0 Å². The molecule has 0 heterocycles. The third-order valence-corrected chi connectivity index (χ3v) is 2.81. The molecule has 2 atom stereocenters. The number of rotatable bonds is 5. The van der Waals surface area contributed by atoms with Crippen LogP contribution in [0.3, 0.4) is 0 Å². The third-order valence-electron chi connectivity index (χ3n) is 2.81. The smallest absolute Gasteiger partial charge is 0.330 e. The highest BCUT2D eigenvalue weighted by Crippen LogP contribution is 2.12. The van der Waals surface area contributed by atoms with Crippen LogP contribution in [0.4, 0.5) is 4.79 Å². The molecule has 1 rings (SSSR count). The fraction of sp³-hybridized carbons (Fsp3) is 0.357. The number of hydrogen-bond donors (Lipinski definition) is 3. The second-order valence-electron chi connectivity index (χ2n) is 4.75. The maximum Gasteiger partial charge on any atom is 0.330 e. The molecule has 1 aromatic carbocycles. The van der Waals surface area contributed by atoms with E-state index in [0.29, 0.717) is 5.56 Å². The third kappa shape index (κ3) is 4.79. The Hall–Kier alpha value is -2.57. The number of aliphatic carboxylic acids is 1. The Morgan fingerprint density at radius 2 is 1.67 bits per heavy atom. The summed E-state index contributed by atoms with van der Waals surface area (Å²) in [4.78, 5) is 36.0. The number of benzene rings is 1. The highest BCUT2D eigenvalue weighted by molar-refractivity contribution is 5.88. The van der Waals surface area contributed by atoms with E-state index in [1.54, 1.807) is 44.4 Å². The number of nitrogens with one attached hydrogen (secondary N) is 2. The van der Waals surface area contributed by atoms with Gasteiger partial charge in [-0.05, 0) is 12.5 Å². The summed E-state index contributed by atoms with van der Waals surface area (Å²) in [7, 11) is 3.14. The van der Waals surface area contributed by atoms with Gasteiger partial charge < -0.3 is 20.6 Å². The van der Waals surface area contributed by atoms with E-state index in [1.807, 2.05) is 0 Å². The van der Waals surface area contributed by atoms with Gasteiger partial charge in [-0.25, -0.2) is 9.59 Å². The summed E-state index contributed by atoms with van der Waals surface area (Å²) in [6.45, 7) is 1.53. The van der Waals surface area contributed by atoms with Crippen LogP contribution in [-0.2, 0) is 9.59 Å². The largest absolute Gasteiger partial charge is 0.479 e. The van der Waals surface area contributed by atoms with E-state index >= 15 is 0 Å². The van der Waals surface area contributed by atoms with Crippen LogP contribution in [0.15, 0.2) is 30.3 Å². The number of nitrogens with zero attached hydrogens (tertiary/aromatic N) is 1. The van der Waals surface area contributed by atoms with Gasteiger partial charge in [0.15, 0.2) is 6.04 Å². The second kappa shape index (κ2) is 7.28. The topological polar surface area (TPSA) is 98.7 Å². The molecule has 0 aliphatic carbocycles. The predicted molar refractivity (Wildman–Crippen MR) is 76.6 cm³/mol. The van der Waals surface area contributed by atoms with Gasteiger partial charge in [0.1, 0.15) is 6.04 Å². The lowest BCUT2D eigenvalue weighted by atomic mass is 10.1. The van der Waals surface area contributed by atoms with Crippen molar-refractivity contribution < 1.29 is 19.5 Å². The van der Waals surface area contributed by atoms with E-state index in [1.165, 1.54) is 11.8 Å². The summed E-state index contributed by atoms with van der Waals surface area (Å²) < 4.78 is 0. The zero-order chi connectivity index (χ0) is 16.0. The monoisotopic (exact) mass is 293 g/mol. The van der Waals surface area contributed by atoms with Gasteiger partial charge in [-0.15, -0.1) is 0 Å². The molecule has 0 saturated heterocycles. The normalized spacial score (nSPS) is 12.9. The number of carbonyl (C=O) groups is 3. The number of amides is 3. The molecule has 7 heteroatoms. The van der Waals surface area contributed by atoms with E-state index in [-0.39, 0.29) is 5.91 Å². The Morgan fingerprint density at radius 3 is 2.14 bits per heavy atom. The van der Waals surface area contributed by atoms with Crippen LogP contribution in [0.2, 0.25) is 0 Å². The van der Waals surface area contributed by atoms with Gasteiger partial charge in [-0.1, -0.05) is 30.3 Å². The second-order valence-corrected chi connectivity index (χ2v) is 4.75. The predicted octanol–water partition coefficient (Wildman–Crippen LogP) is 0.588. The SMILES string of the molecule is CC(NC(=O)NC(C(=O)O)c1ccccc1)C(=O)N(C)C. The lowest BCUT2D eigenvalue weighted by Gasteiger charge is -2.20. The first-order chi connectivity index (χ1) is 9.82. The van der Waals surface area contributed by atoms with Crippen LogP contribution in [-0.4, -0.2) is 48.1 Å². The first-order valence-electron chi connectivity index (χ1n) is 6.39. The van der Waals surface area contributed by atoms with Gasteiger partial charge in [-0.2, -0.15) is 0 Å². The Bertz CT molecular complexity index is 516. The zero-order valence-corrected chi connectivity index (χ0v) is 12.2. The van der Waals surface area contributed by atoms with Gasteiger partial charge in [-0.3, -0.25) is 4.79 Å². The highest BCUT2D eigenvalue weighted by Gasteiger charge is 2.24. The van der Waals surface area contributed by atoms with E-state index in [0.717, 1.165) is 0 Å². The Kier molecular flexibility index (Phi) is 5.71. The van der Waals surface area contributed by atoms with Crippen molar-refractivity contribution in [3.05, 3.63) is 35.9 Å². The molecule has 0 saturated carbocycles. The summed E-state index contributed by atoms with van der Waals surface area (Å²) >= 11 is 0. The molecule has 114 valence electrons. The molecular formula is C14H19N3O4. The van der Waals surface area contributed by atoms with Crippen LogP contribution < -0.4 is 10.6 Å². The summed E-state index contributed by atoms with van der Waals surface area (Å²) in [5.74, 6) is -1.46. The lowest BCUT2D eigenvalue weighted by Crippen LogP contribution is -2.49. The maximum atomic E-state index is 11.8. The van der Waals surface area contributed by atoms with Crippen molar-refractivity contribution >= 4 is 17.9 Å². The minimum Gasteiger partial charge on any atom is -0.479 e. The molecule has 0 fully saturated rings. The maximum absolute atomic E-state index is 11.8. The Labute approximate surface area is 122 Å². The van der Waals surface area contributed by atoms with Gasteiger partial charge in [0.05, 0.1) is 0 Å². The summed E-state index contributed by atoms with van der Waals surface area (Å²) in [6.07, 6.45) is 0. The van der Waals surface area contributed by atoms with E-state index in [2.05, 4.69) is 10.6 Å². The average molecular weight is 293 g/mol. The molecular weight excluding hydrogens is 274 g/mol. The van der Waals surface area contributed by atoms with E-state index < -0.39 is 24.1 Å². The van der Waals surface area contributed by atoms with Crippen LogP contribution in [0, 0.1) is 0 Å². The molecule has 2 unspecified atom stereocenters. The Morgan fingerprint density at radius 1 is 1.10 bits per heavy atom. The van der Waals surface area contributed by atoms with Crippen LogP contribution in [0.5, 0.6) is 0 Å². The minimum atomic E-state index is -1.18. The van der Waals surface area contributed by atoms with Gasteiger partial charge in [0.25, 0.3) is 0 Å². The number of likely N-dealkylation sites (N-methyl/N-ethyl adjacent to an activating group) is 1. The van der Waals surface area contributed by atoms with Gasteiger partial charge in [0.2, 0.25) is 5.91 Å². The molecule has 3 amide bonds. The first kappa shape index (κ1) is 16.5. The number of hydrogen-bond acceptors (Lipinski definition) is 3. The minimum absolute atomic E-state index is 0.281. The van der Waals surface area contributed by atoms with Crippen LogP contribution >= 0.6 is 0 Å². The van der Waals surface area contributed by atoms with Crippen LogP contribution in [0.1, 0.15) is 18.5 Å². The fourth-order valence-corrected chi connectivity index (χ4v) is 1.75. The van der Waals surface area contributed by atoms with Crippen molar-refractivity contribution in [1.82, 2.24) is 15.5 Å². The molecule has 3 N–H and O–H groups in total. The zero-order valence-electron chi connectivity index (χ0n) is 12.2. The molecule has 0 aliphatic heterocycles. The number of carboxylic acid groups (broad SMARTS) is 1. The molecule has 0 aromatic heterocycles. The molecule has 0 radical (unpaired) electrons. The van der Waals surface area contributed by atoms with E-state index in [4.69, 9.17) is 0 Å². The van der Waals surface area contributed by atoms with Gasteiger partial charge >= 0.3 is 12.0 Å². The van der Waals surface area contributed by atoms with Crippen LogP contribution in [0.25, 0.3) is 0 Å². The average Bonchev–Trinajstić information content (AvgIpc) is 2.44. The molecule has 0 spiro atoms. The van der Waals surface area contributed by atoms with Crippen molar-refractivity contribution in [3.63, 3.8) is 0 Å².